The van der Waals surface area contributed by atoms with Crippen LogP contribution in [0.4, 0.5) is 4.39 Å². The van der Waals surface area contributed by atoms with Crippen molar-refractivity contribution in [2.45, 2.75) is 25.8 Å². The van der Waals surface area contributed by atoms with Crippen molar-refractivity contribution in [2.75, 3.05) is 13.2 Å². The van der Waals surface area contributed by atoms with Crippen LogP contribution in [0.15, 0.2) is 12.1 Å². The van der Waals surface area contributed by atoms with E-state index in [1.807, 2.05) is 6.07 Å². The second-order valence-electron chi connectivity index (χ2n) is 4.79. The molecule has 1 aromatic heterocycles. The number of imidazole rings is 1. The smallest absolute Gasteiger partial charge is 0.178 e. The Morgan fingerprint density at radius 3 is 3.06 bits per heavy atom. The highest BCUT2D eigenvalue weighted by atomic mass is 32.1. The first-order valence-corrected chi connectivity index (χ1v) is 6.56. The Balaban J connectivity index is 2.18. The van der Waals surface area contributed by atoms with Gasteiger partial charge in [0.05, 0.1) is 23.7 Å². The summed E-state index contributed by atoms with van der Waals surface area (Å²) in [5, 5.41) is 0. The Kier molecular flexibility index (Phi) is 2.95. The number of aryl methyl sites for hydroxylation is 1. The lowest BCUT2D eigenvalue weighted by atomic mass is 10.1. The van der Waals surface area contributed by atoms with Gasteiger partial charge >= 0.3 is 0 Å². The number of benzene rings is 1. The van der Waals surface area contributed by atoms with Gasteiger partial charge in [0.2, 0.25) is 0 Å². The van der Waals surface area contributed by atoms with Gasteiger partial charge in [0, 0.05) is 6.61 Å². The fraction of sp³-hybridized carbons (Fsp3) is 0.462. The molecule has 1 unspecified atom stereocenters. The number of hydrogen-bond donors (Lipinski definition) is 1. The largest absolute Gasteiger partial charge is 0.379 e. The van der Waals surface area contributed by atoms with Gasteiger partial charge in [-0.25, -0.2) is 4.39 Å². The van der Waals surface area contributed by atoms with Crippen LogP contribution in [0.3, 0.4) is 0 Å². The van der Waals surface area contributed by atoms with Gasteiger partial charge in [-0.15, -0.1) is 0 Å². The summed E-state index contributed by atoms with van der Waals surface area (Å²) in [5.74, 6) is -0.203. The molecular formula is C13H15FN2OS. The molecule has 0 spiro atoms. The summed E-state index contributed by atoms with van der Waals surface area (Å²) in [6.45, 7) is 3.27. The molecule has 1 N–H and O–H groups in total. The Bertz CT molecular complexity index is 640. The van der Waals surface area contributed by atoms with Crippen LogP contribution in [0.1, 0.15) is 24.4 Å². The zero-order chi connectivity index (χ0) is 12.7. The van der Waals surface area contributed by atoms with E-state index in [4.69, 9.17) is 17.0 Å². The molecule has 3 nitrogen and oxygen atoms in total. The molecule has 1 aliphatic rings. The van der Waals surface area contributed by atoms with Crippen LogP contribution in [0, 0.1) is 17.5 Å². The molecule has 0 bridgehead atoms. The number of rotatable bonds is 1. The van der Waals surface area contributed by atoms with Crippen LogP contribution < -0.4 is 0 Å². The summed E-state index contributed by atoms with van der Waals surface area (Å²) in [7, 11) is 0. The maximum atomic E-state index is 13.5. The van der Waals surface area contributed by atoms with E-state index in [1.54, 1.807) is 6.92 Å². The van der Waals surface area contributed by atoms with Crippen LogP contribution >= 0.6 is 12.2 Å². The normalized spacial score (nSPS) is 20.4. The number of hydrogen-bond acceptors (Lipinski definition) is 2. The lowest BCUT2D eigenvalue weighted by molar-refractivity contribution is 0.0600. The van der Waals surface area contributed by atoms with Crippen molar-refractivity contribution in [1.29, 1.82) is 0 Å². The molecule has 1 aliphatic heterocycles. The molecule has 96 valence electrons. The highest BCUT2D eigenvalue weighted by Crippen LogP contribution is 2.26. The van der Waals surface area contributed by atoms with Gasteiger partial charge in [-0.2, -0.15) is 0 Å². The van der Waals surface area contributed by atoms with Crippen LogP contribution in [0.5, 0.6) is 0 Å². The summed E-state index contributed by atoms with van der Waals surface area (Å²) in [6.07, 6.45) is 2.09. The molecule has 5 heteroatoms. The summed E-state index contributed by atoms with van der Waals surface area (Å²) < 4.78 is 21.8. The van der Waals surface area contributed by atoms with Gasteiger partial charge in [0.1, 0.15) is 5.82 Å². The van der Waals surface area contributed by atoms with Gasteiger partial charge in [-0.3, -0.25) is 0 Å². The zero-order valence-corrected chi connectivity index (χ0v) is 11.0. The van der Waals surface area contributed by atoms with E-state index in [2.05, 4.69) is 9.55 Å². The Hall–Kier alpha value is -1.20. The lowest BCUT2D eigenvalue weighted by Crippen LogP contribution is -2.21. The quantitative estimate of drug-likeness (QED) is 0.801. The molecule has 0 amide bonds. The van der Waals surface area contributed by atoms with E-state index in [0.717, 1.165) is 30.5 Å². The molecule has 1 fully saturated rings. The van der Waals surface area contributed by atoms with Crippen LogP contribution in [0.2, 0.25) is 0 Å². The first-order chi connectivity index (χ1) is 8.66. The van der Waals surface area contributed by atoms with Crippen molar-refractivity contribution < 1.29 is 9.13 Å². The van der Waals surface area contributed by atoms with E-state index in [9.17, 15) is 4.39 Å². The summed E-state index contributed by atoms with van der Waals surface area (Å²) in [6, 6.07) is 3.62. The minimum absolute atomic E-state index is 0.203. The predicted octanol–water partition coefficient (Wildman–Crippen LogP) is 3.50. The van der Waals surface area contributed by atoms with E-state index in [-0.39, 0.29) is 11.9 Å². The van der Waals surface area contributed by atoms with E-state index < -0.39 is 0 Å². The van der Waals surface area contributed by atoms with Gasteiger partial charge in [-0.1, -0.05) is 0 Å². The molecule has 3 rings (SSSR count). The summed E-state index contributed by atoms with van der Waals surface area (Å²) in [5.41, 5.74) is 2.37. The zero-order valence-electron chi connectivity index (χ0n) is 10.2. The molecule has 18 heavy (non-hydrogen) atoms. The van der Waals surface area contributed by atoms with E-state index >= 15 is 0 Å². The highest BCUT2D eigenvalue weighted by molar-refractivity contribution is 7.71. The topological polar surface area (TPSA) is 29.9 Å². The number of ether oxygens (including phenoxy) is 1. The minimum atomic E-state index is -0.203. The summed E-state index contributed by atoms with van der Waals surface area (Å²) in [4.78, 5) is 3.07. The molecule has 1 saturated heterocycles. The Morgan fingerprint density at radius 1 is 1.50 bits per heavy atom. The third kappa shape index (κ3) is 1.87. The third-order valence-corrected chi connectivity index (χ3v) is 3.80. The fourth-order valence-electron chi connectivity index (χ4n) is 2.54. The number of aromatic nitrogens is 2. The SMILES string of the molecule is Cc1cc2c(cc1F)[nH]c(=S)n2C1CCCOC1. The van der Waals surface area contributed by atoms with Gasteiger partial charge in [0.15, 0.2) is 4.77 Å². The van der Waals surface area contributed by atoms with Crippen molar-refractivity contribution in [3.63, 3.8) is 0 Å². The molecule has 1 atom stereocenters. The molecular weight excluding hydrogens is 251 g/mol. The van der Waals surface area contributed by atoms with Crippen molar-refractivity contribution in [2.24, 2.45) is 0 Å². The maximum Gasteiger partial charge on any atom is 0.178 e. The van der Waals surface area contributed by atoms with Crippen LogP contribution in [-0.4, -0.2) is 22.8 Å². The fourth-order valence-corrected chi connectivity index (χ4v) is 2.90. The Labute approximate surface area is 110 Å². The Morgan fingerprint density at radius 2 is 2.33 bits per heavy atom. The van der Waals surface area contributed by atoms with Crippen molar-refractivity contribution >= 4 is 23.3 Å². The number of H-pyrrole nitrogens is 1. The minimum Gasteiger partial charge on any atom is -0.379 e. The first kappa shape index (κ1) is 11.9. The van der Waals surface area contributed by atoms with Crippen molar-refractivity contribution in [3.05, 3.63) is 28.3 Å². The second-order valence-corrected chi connectivity index (χ2v) is 5.18. The standard InChI is InChI=1S/C13H15FN2OS/c1-8-5-12-11(6-10(8)14)15-13(18)16(12)9-3-2-4-17-7-9/h5-6,9H,2-4,7H2,1H3,(H,15,18). The van der Waals surface area contributed by atoms with Gasteiger partial charge in [-0.05, 0) is 49.7 Å². The molecule has 2 heterocycles. The molecule has 0 saturated carbocycles. The molecule has 2 aromatic rings. The number of nitrogens with one attached hydrogen (secondary N) is 1. The average molecular weight is 266 g/mol. The highest BCUT2D eigenvalue weighted by Gasteiger charge is 2.19. The third-order valence-electron chi connectivity index (χ3n) is 3.50. The van der Waals surface area contributed by atoms with E-state index in [1.165, 1.54) is 6.07 Å². The van der Waals surface area contributed by atoms with Gasteiger partial charge in [0.25, 0.3) is 0 Å². The first-order valence-electron chi connectivity index (χ1n) is 6.15. The summed E-state index contributed by atoms with van der Waals surface area (Å²) >= 11 is 5.35. The molecule has 1 aromatic carbocycles. The molecule has 0 aliphatic carbocycles. The number of fused-ring (bicyclic) bond motifs is 1. The predicted molar refractivity (Wildman–Crippen MR) is 70.9 cm³/mol. The maximum absolute atomic E-state index is 13.5. The second kappa shape index (κ2) is 4.48. The van der Waals surface area contributed by atoms with Gasteiger partial charge < -0.3 is 14.3 Å². The average Bonchev–Trinajstić information content (AvgIpc) is 2.66. The number of halogens is 1. The number of nitrogens with zero attached hydrogens (tertiary/aromatic N) is 1. The lowest BCUT2D eigenvalue weighted by Gasteiger charge is -2.24. The monoisotopic (exact) mass is 266 g/mol. The number of aromatic amines is 1. The van der Waals surface area contributed by atoms with E-state index in [0.29, 0.717) is 16.9 Å². The van der Waals surface area contributed by atoms with Crippen LogP contribution in [-0.2, 0) is 4.74 Å². The molecule has 0 radical (unpaired) electrons. The van der Waals surface area contributed by atoms with Crippen molar-refractivity contribution in [1.82, 2.24) is 9.55 Å². The van der Waals surface area contributed by atoms with Crippen molar-refractivity contribution in [3.8, 4) is 0 Å². The van der Waals surface area contributed by atoms with Crippen LogP contribution in [0.25, 0.3) is 11.0 Å².